The largest absolute Gasteiger partial charge is 0.493 e. The highest BCUT2D eigenvalue weighted by molar-refractivity contribution is 7.14. The summed E-state index contributed by atoms with van der Waals surface area (Å²) in [5.74, 6) is 0.860. The number of hydrogen-bond acceptors (Lipinski definition) is 5. The Morgan fingerprint density at radius 1 is 1.08 bits per heavy atom. The van der Waals surface area contributed by atoms with Gasteiger partial charge in [0.15, 0.2) is 0 Å². The first-order chi connectivity index (χ1) is 12.9. The Kier molecular flexibility index (Phi) is 6.79. The molecule has 0 bridgehead atoms. The van der Waals surface area contributed by atoms with Gasteiger partial charge in [-0.15, -0.1) is 11.3 Å². The summed E-state index contributed by atoms with van der Waals surface area (Å²) in [6, 6.07) is 18.1. The Labute approximate surface area is 158 Å². The molecule has 4 nitrogen and oxygen atoms in total. The third-order valence-electron chi connectivity index (χ3n) is 3.86. The van der Waals surface area contributed by atoms with Crippen molar-refractivity contribution in [1.82, 2.24) is 4.98 Å². The average molecular weight is 366 g/mol. The fraction of sp³-hybridized carbons (Fsp3) is 0.238. The third kappa shape index (κ3) is 5.17. The summed E-state index contributed by atoms with van der Waals surface area (Å²) < 4.78 is 5.87. The van der Waals surface area contributed by atoms with Gasteiger partial charge in [0.05, 0.1) is 18.5 Å². The highest BCUT2D eigenvalue weighted by Crippen LogP contribution is 2.24. The van der Waals surface area contributed by atoms with Crippen molar-refractivity contribution < 1.29 is 4.74 Å². The van der Waals surface area contributed by atoms with Crippen molar-refractivity contribution >= 4 is 22.7 Å². The van der Waals surface area contributed by atoms with E-state index in [1.165, 1.54) is 24.2 Å². The number of aromatic nitrogens is 1. The molecule has 134 valence electrons. The van der Waals surface area contributed by atoms with Crippen LogP contribution in [0.5, 0.6) is 5.75 Å². The lowest BCUT2D eigenvalue weighted by molar-refractivity contribution is 0.306. The molecule has 1 heterocycles. The Hall–Kier alpha value is -2.66. The number of benzene rings is 2. The maximum absolute atomic E-state index is 5.87. The van der Waals surface area contributed by atoms with Crippen molar-refractivity contribution in [3.8, 4) is 17.0 Å². The smallest absolute Gasteiger partial charge is 0.203 e. The van der Waals surface area contributed by atoms with E-state index >= 15 is 0 Å². The lowest BCUT2D eigenvalue weighted by Crippen LogP contribution is -2.00. The van der Waals surface area contributed by atoms with Crippen LogP contribution in [0, 0.1) is 0 Å². The van der Waals surface area contributed by atoms with Gasteiger partial charge in [0.1, 0.15) is 5.75 Å². The standard InChI is InChI=1S/C21H23N3OS/c1-2-3-9-14-25-20-13-8-7-12-18(20)15-22-24-21-23-19(16-26-21)17-10-5-4-6-11-17/h4-8,10-13,15-16H,2-3,9,14H2,1H3,(H,23,24)/b22-15-. The van der Waals surface area contributed by atoms with E-state index in [4.69, 9.17) is 4.74 Å². The van der Waals surface area contributed by atoms with E-state index in [2.05, 4.69) is 22.4 Å². The van der Waals surface area contributed by atoms with Crippen molar-refractivity contribution in [3.63, 3.8) is 0 Å². The molecule has 0 saturated carbocycles. The van der Waals surface area contributed by atoms with Gasteiger partial charge in [-0.1, -0.05) is 62.2 Å². The zero-order valence-electron chi connectivity index (χ0n) is 14.9. The highest BCUT2D eigenvalue weighted by atomic mass is 32.1. The van der Waals surface area contributed by atoms with Crippen molar-refractivity contribution in [2.45, 2.75) is 26.2 Å². The van der Waals surface area contributed by atoms with Crippen LogP contribution in [0.25, 0.3) is 11.3 Å². The van der Waals surface area contributed by atoms with Gasteiger partial charge in [0.2, 0.25) is 5.13 Å². The number of rotatable bonds is 9. The van der Waals surface area contributed by atoms with Gasteiger partial charge >= 0.3 is 0 Å². The number of hydrazone groups is 1. The zero-order chi connectivity index (χ0) is 18.0. The summed E-state index contributed by atoms with van der Waals surface area (Å²) in [6.07, 6.45) is 5.22. The second-order valence-electron chi connectivity index (χ2n) is 5.87. The molecule has 3 aromatic rings. The molecule has 0 amide bonds. The molecule has 1 aromatic heterocycles. The van der Waals surface area contributed by atoms with Crippen LogP contribution < -0.4 is 10.2 Å². The Balaban J connectivity index is 1.60. The van der Waals surface area contributed by atoms with Gasteiger partial charge in [-0.2, -0.15) is 5.10 Å². The average Bonchev–Trinajstić information content (AvgIpc) is 3.16. The number of para-hydroxylation sites is 1. The van der Waals surface area contributed by atoms with E-state index in [0.29, 0.717) is 0 Å². The lowest BCUT2D eigenvalue weighted by Gasteiger charge is -2.08. The van der Waals surface area contributed by atoms with E-state index in [9.17, 15) is 0 Å². The second kappa shape index (κ2) is 9.73. The summed E-state index contributed by atoms with van der Waals surface area (Å²) in [5, 5.41) is 7.11. The molecule has 0 atom stereocenters. The minimum absolute atomic E-state index is 0.735. The molecule has 2 aromatic carbocycles. The number of thiazole rings is 1. The van der Waals surface area contributed by atoms with Gasteiger partial charge in [-0.3, -0.25) is 5.43 Å². The van der Waals surface area contributed by atoms with Crippen LogP contribution in [-0.2, 0) is 0 Å². The number of anilines is 1. The van der Waals surface area contributed by atoms with Crippen LogP contribution in [-0.4, -0.2) is 17.8 Å². The summed E-state index contributed by atoms with van der Waals surface area (Å²) in [6.45, 7) is 2.92. The van der Waals surface area contributed by atoms with Gasteiger partial charge in [0.25, 0.3) is 0 Å². The van der Waals surface area contributed by atoms with Gasteiger partial charge < -0.3 is 4.74 Å². The third-order valence-corrected chi connectivity index (χ3v) is 4.61. The Morgan fingerprint density at radius 3 is 2.73 bits per heavy atom. The molecule has 1 N–H and O–H groups in total. The quantitative estimate of drug-likeness (QED) is 0.295. The van der Waals surface area contributed by atoms with E-state index in [0.717, 1.165) is 40.7 Å². The van der Waals surface area contributed by atoms with Crippen LogP contribution in [0.1, 0.15) is 31.7 Å². The van der Waals surface area contributed by atoms with E-state index in [1.807, 2.05) is 60.0 Å². The molecule has 26 heavy (non-hydrogen) atoms. The maximum Gasteiger partial charge on any atom is 0.203 e. The minimum Gasteiger partial charge on any atom is -0.493 e. The predicted molar refractivity (Wildman–Crippen MR) is 110 cm³/mol. The fourth-order valence-corrected chi connectivity index (χ4v) is 3.14. The Morgan fingerprint density at radius 2 is 1.88 bits per heavy atom. The van der Waals surface area contributed by atoms with Crippen LogP contribution in [0.2, 0.25) is 0 Å². The molecule has 0 fully saturated rings. The van der Waals surface area contributed by atoms with Gasteiger partial charge in [0, 0.05) is 16.5 Å². The summed E-state index contributed by atoms with van der Waals surface area (Å²) >= 11 is 1.54. The first-order valence-corrected chi connectivity index (χ1v) is 9.76. The normalized spacial score (nSPS) is 11.0. The van der Waals surface area contributed by atoms with E-state index in [-0.39, 0.29) is 0 Å². The van der Waals surface area contributed by atoms with E-state index in [1.54, 1.807) is 6.21 Å². The van der Waals surface area contributed by atoms with Crippen LogP contribution >= 0.6 is 11.3 Å². The van der Waals surface area contributed by atoms with Gasteiger partial charge in [-0.25, -0.2) is 4.98 Å². The number of unbranched alkanes of at least 4 members (excludes halogenated alkanes) is 2. The molecule has 0 spiro atoms. The summed E-state index contributed by atoms with van der Waals surface area (Å²) in [5.41, 5.74) is 6.02. The molecule has 0 unspecified atom stereocenters. The molecule has 0 saturated heterocycles. The van der Waals surface area contributed by atoms with Gasteiger partial charge in [-0.05, 0) is 18.6 Å². The fourth-order valence-electron chi connectivity index (χ4n) is 2.48. The summed E-state index contributed by atoms with van der Waals surface area (Å²) in [7, 11) is 0. The molecule has 0 radical (unpaired) electrons. The van der Waals surface area contributed by atoms with Crippen LogP contribution in [0.3, 0.4) is 0 Å². The molecular weight excluding hydrogens is 342 g/mol. The van der Waals surface area contributed by atoms with Crippen LogP contribution in [0.4, 0.5) is 5.13 Å². The topological polar surface area (TPSA) is 46.5 Å². The lowest BCUT2D eigenvalue weighted by atomic mass is 10.2. The first kappa shape index (κ1) is 18.1. The first-order valence-electron chi connectivity index (χ1n) is 8.88. The monoisotopic (exact) mass is 365 g/mol. The number of nitrogens with one attached hydrogen (secondary N) is 1. The number of nitrogens with zero attached hydrogens (tertiary/aromatic N) is 2. The van der Waals surface area contributed by atoms with Crippen molar-refractivity contribution in [1.29, 1.82) is 0 Å². The Bertz CT molecular complexity index is 830. The number of ether oxygens (including phenoxy) is 1. The molecule has 0 aliphatic carbocycles. The van der Waals surface area contributed by atoms with Crippen molar-refractivity contribution in [3.05, 3.63) is 65.5 Å². The zero-order valence-corrected chi connectivity index (χ0v) is 15.7. The van der Waals surface area contributed by atoms with E-state index < -0.39 is 0 Å². The highest BCUT2D eigenvalue weighted by Gasteiger charge is 2.03. The van der Waals surface area contributed by atoms with Crippen LogP contribution in [0.15, 0.2) is 65.1 Å². The maximum atomic E-state index is 5.87. The second-order valence-corrected chi connectivity index (χ2v) is 6.73. The molecule has 0 aliphatic heterocycles. The molecule has 3 rings (SSSR count). The van der Waals surface area contributed by atoms with Crippen molar-refractivity contribution in [2.75, 3.05) is 12.0 Å². The molecule has 5 heteroatoms. The molecule has 0 aliphatic rings. The van der Waals surface area contributed by atoms with Crippen molar-refractivity contribution in [2.24, 2.45) is 5.10 Å². The predicted octanol–water partition coefficient (Wildman–Crippen LogP) is 5.83. The number of hydrogen-bond donors (Lipinski definition) is 1. The summed E-state index contributed by atoms with van der Waals surface area (Å²) in [4.78, 5) is 4.57. The minimum atomic E-state index is 0.735. The molecular formula is C21H23N3OS. The SMILES string of the molecule is CCCCCOc1ccccc1/C=N\Nc1nc(-c2ccccc2)cs1.